The summed E-state index contributed by atoms with van der Waals surface area (Å²) >= 11 is 0. The summed E-state index contributed by atoms with van der Waals surface area (Å²) in [5.74, 6) is 0.194. The molecule has 0 spiro atoms. The summed E-state index contributed by atoms with van der Waals surface area (Å²) in [5, 5.41) is 14.0. The van der Waals surface area contributed by atoms with Gasteiger partial charge in [0.15, 0.2) is 0 Å². The average Bonchev–Trinajstić information content (AvgIpc) is 2.66. The maximum atomic E-state index is 12.8. The van der Waals surface area contributed by atoms with Crippen LogP contribution in [-0.2, 0) is 9.53 Å². The number of nitrogens with two attached hydrogens (primary N) is 1. The molecule has 0 aromatic heterocycles. The third kappa shape index (κ3) is 7.53. The molecule has 7 nitrogen and oxygen atoms in total. The molecular formula is C21H41N5O2. The fourth-order valence-electron chi connectivity index (χ4n) is 3.89. The molecule has 1 amide bonds. The molecule has 162 valence electrons. The zero-order chi connectivity index (χ0) is 21.2. The van der Waals surface area contributed by atoms with E-state index in [1.165, 1.54) is 6.21 Å². The van der Waals surface area contributed by atoms with Gasteiger partial charge in [-0.05, 0) is 51.1 Å². The lowest BCUT2D eigenvalue weighted by molar-refractivity contribution is -0.131. The van der Waals surface area contributed by atoms with Gasteiger partial charge in [0.2, 0.25) is 5.91 Å². The Balaban J connectivity index is 2.81. The lowest BCUT2D eigenvalue weighted by Gasteiger charge is -2.41. The van der Waals surface area contributed by atoms with E-state index in [0.29, 0.717) is 19.7 Å². The highest BCUT2D eigenvalue weighted by atomic mass is 16.5. The number of nitrogens with zero attached hydrogens (tertiary/aromatic N) is 1. The Morgan fingerprint density at radius 3 is 2.71 bits per heavy atom. The Morgan fingerprint density at radius 1 is 1.39 bits per heavy atom. The van der Waals surface area contributed by atoms with Crippen LogP contribution in [0.25, 0.3) is 0 Å². The molecule has 0 saturated heterocycles. The SMILES string of the molecule is CNCCN(C)CC(C=N)=C(N)C1CCC(C)(C)C(C(=O)NCCCOC)C1. The van der Waals surface area contributed by atoms with E-state index in [4.69, 9.17) is 15.9 Å². The fraction of sp³-hybridized carbons (Fsp3) is 0.810. The molecule has 1 aliphatic carbocycles. The summed E-state index contributed by atoms with van der Waals surface area (Å²) < 4.78 is 5.05. The van der Waals surface area contributed by atoms with E-state index in [0.717, 1.165) is 50.0 Å². The molecule has 28 heavy (non-hydrogen) atoms. The first-order chi connectivity index (χ1) is 13.3. The maximum absolute atomic E-state index is 12.8. The first-order valence-corrected chi connectivity index (χ1v) is 10.4. The molecule has 2 atom stereocenters. The van der Waals surface area contributed by atoms with Gasteiger partial charge in [0.1, 0.15) is 0 Å². The van der Waals surface area contributed by atoms with E-state index in [9.17, 15) is 4.79 Å². The summed E-state index contributed by atoms with van der Waals surface area (Å²) in [6.07, 6.45) is 4.86. The molecule has 0 aliphatic heterocycles. The molecule has 0 aromatic carbocycles. The van der Waals surface area contributed by atoms with Crippen LogP contribution in [0.2, 0.25) is 0 Å². The number of carbonyl (C=O) groups is 1. The minimum absolute atomic E-state index is 0.0451. The van der Waals surface area contributed by atoms with Gasteiger partial charge in [-0.2, -0.15) is 0 Å². The second-order valence-corrected chi connectivity index (χ2v) is 8.62. The molecule has 0 heterocycles. The van der Waals surface area contributed by atoms with Crippen molar-refractivity contribution < 1.29 is 9.53 Å². The van der Waals surface area contributed by atoms with Gasteiger partial charge >= 0.3 is 0 Å². The van der Waals surface area contributed by atoms with Gasteiger partial charge in [-0.25, -0.2) is 0 Å². The Morgan fingerprint density at radius 2 is 2.11 bits per heavy atom. The van der Waals surface area contributed by atoms with Gasteiger partial charge < -0.3 is 31.4 Å². The van der Waals surface area contributed by atoms with Crippen molar-refractivity contribution >= 4 is 12.1 Å². The first-order valence-electron chi connectivity index (χ1n) is 10.4. The second-order valence-electron chi connectivity index (χ2n) is 8.62. The van der Waals surface area contributed by atoms with Crippen molar-refractivity contribution in [2.45, 2.75) is 39.5 Å². The molecule has 7 heteroatoms. The van der Waals surface area contributed by atoms with E-state index in [1.54, 1.807) is 7.11 Å². The van der Waals surface area contributed by atoms with Crippen LogP contribution in [0.3, 0.4) is 0 Å². The summed E-state index contributed by atoms with van der Waals surface area (Å²) in [4.78, 5) is 15.0. The molecule has 5 N–H and O–H groups in total. The third-order valence-electron chi connectivity index (χ3n) is 5.91. The fourth-order valence-corrected chi connectivity index (χ4v) is 3.89. The Hall–Kier alpha value is -1.44. The number of hydrogen-bond donors (Lipinski definition) is 4. The largest absolute Gasteiger partial charge is 0.402 e. The highest BCUT2D eigenvalue weighted by Crippen LogP contribution is 2.44. The van der Waals surface area contributed by atoms with Crippen molar-refractivity contribution in [3.63, 3.8) is 0 Å². The van der Waals surface area contributed by atoms with Crippen LogP contribution in [0.1, 0.15) is 39.5 Å². The Kier molecular flexibility index (Phi) is 10.7. The zero-order valence-corrected chi connectivity index (χ0v) is 18.4. The van der Waals surface area contributed by atoms with Crippen LogP contribution in [0, 0.1) is 22.7 Å². The number of carbonyl (C=O) groups excluding carboxylic acids is 1. The van der Waals surface area contributed by atoms with Crippen LogP contribution in [0.15, 0.2) is 11.3 Å². The van der Waals surface area contributed by atoms with Crippen molar-refractivity contribution in [2.75, 3.05) is 54.0 Å². The highest BCUT2D eigenvalue weighted by molar-refractivity contribution is 5.80. The van der Waals surface area contributed by atoms with Crippen molar-refractivity contribution in [1.82, 2.24) is 15.5 Å². The van der Waals surface area contributed by atoms with Crippen LogP contribution in [-0.4, -0.2) is 71.0 Å². The normalized spacial score (nSPS) is 22.6. The summed E-state index contributed by atoms with van der Waals surface area (Å²) in [7, 11) is 5.64. The maximum Gasteiger partial charge on any atom is 0.223 e. The van der Waals surface area contributed by atoms with Crippen LogP contribution >= 0.6 is 0 Å². The Labute approximate surface area is 171 Å². The van der Waals surface area contributed by atoms with Crippen molar-refractivity contribution in [1.29, 1.82) is 5.41 Å². The predicted molar refractivity (Wildman–Crippen MR) is 116 cm³/mol. The standard InChI is InChI=1S/C21H41N5O2/c1-21(2)8-7-16(13-18(21)20(27)25-9-6-12-28-5)19(23)17(14-22)15-26(4)11-10-24-3/h14,16,18,22,24H,6-13,15,23H2,1-5H3,(H,25,27). The number of hydrogen-bond acceptors (Lipinski definition) is 6. The quantitative estimate of drug-likeness (QED) is 0.297. The Bertz CT molecular complexity index is 533. The summed E-state index contributed by atoms with van der Waals surface area (Å²) in [6.45, 7) is 8.07. The monoisotopic (exact) mass is 395 g/mol. The average molecular weight is 396 g/mol. The molecule has 1 rings (SSSR count). The van der Waals surface area contributed by atoms with Crippen LogP contribution < -0.4 is 16.4 Å². The predicted octanol–water partition coefficient (Wildman–Crippen LogP) is 1.60. The number of nitrogens with one attached hydrogen (secondary N) is 3. The zero-order valence-electron chi connectivity index (χ0n) is 18.4. The molecule has 0 bridgehead atoms. The van der Waals surface area contributed by atoms with E-state index in [-0.39, 0.29) is 23.2 Å². The molecule has 0 radical (unpaired) electrons. The van der Waals surface area contributed by atoms with Crippen molar-refractivity contribution in [3.8, 4) is 0 Å². The summed E-state index contributed by atoms with van der Waals surface area (Å²) in [6, 6.07) is 0. The van der Waals surface area contributed by atoms with Crippen molar-refractivity contribution in [2.24, 2.45) is 23.0 Å². The second kappa shape index (κ2) is 12.2. The van der Waals surface area contributed by atoms with E-state index < -0.39 is 0 Å². The smallest absolute Gasteiger partial charge is 0.223 e. The minimum Gasteiger partial charge on any atom is -0.402 e. The number of methoxy groups -OCH3 is 1. The number of likely N-dealkylation sites (N-methyl/N-ethyl adjacent to an activating group) is 2. The third-order valence-corrected chi connectivity index (χ3v) is 5.91. The first kappa shape index (κ1) is 24.6. The lowest BCUT2D eigenvalue weighted by atomic mass is 9.64. The molecule has 1 fully saturated rings. The van der Waals surface area contributed by atoms with Gasteiger partial charge in [0, 0.05) is 63.3 Å². The van der Waals surface area contributed by atoms with Gasteiger partial charge in [0.25, 0.3) is 0 Å². The molecular weight excluding hydrogens is 354 g/mol. The van der Waals surface area contributed by atoms with Gasteiger partial charge in [-0.1, -0.05) is 13.8 Å². The van der Waals surface area contributed by atoms with Gasteiger partial charge in [0.05, 0.1) is 0 Å². The number of ether oxygens (including phenoxy) is 1. The topological polar surface area (TPSA) is 103 Å². The van der Waals surface area contributed by atoms with Crippen molar-refractivity contribution in [3.05, 3.63) is 11.3 Å². The van der Waals surface area contributed by atoms with Gasteiger partial charge in [-0.3, -0.25) is 4.79 Å². The summed E-state index contributed by atoms with van der Waals surface area (Å²) in [5.41, 5.74) is 8.10. The number of allylic oxidation sites excluding steroid dienone is 1. The molecule has 1 aliphatic rings. The highest BCUT2D eigenvalue weighted by Gasteiger charge is 2.41. The molecule has 1 saturated carbocycles. The van der Waals surface area contributed by atoms with E-state index in [2.05, 4.69) is 29.4 Å². The molecule has 0 aromatic rings. The van der Waals surface area contributed by atoms with Gasteiger partial charge in [-0.15, -0.1) is 0 Å². The van der Waals surface area contributed by atoms with Crippen LogP contribution in [0.4, 0.5) is 0 Å². The van der Waals surface area contributed by atoms with Crippen LogP contribution in [0.5, 0.6) is 0 Å². The molecule has 2 unspecified atom stereocenters. The lowest BCUT2D eigenvalue weighted by Crippen LogP contribution is -2.44. The van der Waals surface area contributed by atoms with E-state index in [1.807, 2.05) is 14.1 Å². The minimum atomic E-state index is -0.0682. The number of rotatable bonds is 12. The number of amides is 1. The van der Waals surface area contributed by atoms with E-state index >= 15 is 0 Å².